The van der Waals surface area contributed by atoms with Crippen molar-refractivity contribution in [2.75, 3.05) is 0 Å². The summed E-state index contributed by atoms with van der Waals surface area (Å²) in [7, 11) is 0. The number of pyridine rings is 1. The Balaban J connectivity index is 0.000000691. The Morgan fingerprint density at radius 3 is 2.44 bits per heavy atom. The summed E-state index contributed by atoms with van der Waals surface area (Å²) in [5, 5.41) is 3.46. The van der Waals surface area contributed by atoms with E-state index in [2.05, 4.69) is 42.2 Å². The first kappa shape index (κ1) is 16.8. The third kappa shape index (κ3) is 3.16. The van der Waals surface area contributed by atoms with Crippen LogP contribution in [-0.2, 0) is 20.4 Å². The molecule has 0 unspecified atom stereocenters. The zero-order chi connectivity index (χ0) is 11.4. The minimum atomic E-state index is 0. The largest absolute Gasteiger partial charge is 0.358 e. The van der Waals surface area contributed by atoms with Crippen LogP contribution in [0.4, 0.5) is 0 Å². The standard InChI is InChI=1S/C13H8N.C2H5.CH3.Pd/c1-2-6-12-10(4-1)7-8-11-5-3-9-14-13(11)12;1-2;;/h1-5,7-9H;1H2,2H3;1H3;/q3*-1;. The van der Waals surface area contributed by atoms with Crippen LogP contribution in [0.3, 0.4) is 0 Å². The molecule has 0 atom stereocenters. The maximum atomic E-state index is 4.38. The van der Waals surface area contributed by atoms with Crippen LogP contribution in [-0.4, -0.2) is 4.98 Å². The molecular formula is C16H16NPd-3. The predicted molar refractivity (Wildman–Crippen MR) is 75.5 cm³/mol. The van der Waals surface area contributed by atoms with Crippen LogP contribution in [0.5, 0.6) is 0 Å². The van der Waals surface area contributed by atoms with Gasteiger partial charge in [-0.3, -0.25) is 0 Å². The minimum Gasteiger partial charge on any atom is -0.358 e. The van der Waals surface area contributed by atoms with E-state index in [-0.39, 0.29) is 27.8 Å². The summed E-state index contributed by atoms with van der Waals surface area (Å²) in [6, 6.07) is 17.5. The number of benzene rings is 2. The Kier molecular flexibility index (Phi) is 7.43. The normalized spacial score (nSPS) is 8.78. The predicted octanol–water partition coefficient (Wildman–Crippen LogP) is 4.48. The van der Waals surface area contributed by atoms with Crippen LogP contribution in [0.2, 0.25) is 0 Å². The van der Waals surface area contributed by atoms with Crippen LogP contribution in [0.25, 0.3) is 21.7 Å². The number of hydrogen-bond acceptors (Lipinski definition) is 1. The van der Waals surface area contributed by atoms with Gasteiger partial charge in [-0.25, -0.2) is 0 Å². The molecule has 1 nitrogen and oxygen atoms in total. The molecule has 0 amide bonds. The van der Waals surface area contributed by atoms with E-state index in [4.69, 9.17) is 0 Å². The number of aromatic nitrogens is 1. The van der Waals surface area contributed by atoms with Crippen molar-refractivity contribution in [2.45, 2.75) is 6.92 Å². The van der Waals surface area contributed by atoms with Gasteiger partial charge in [0.15, 0.2) is 0 Å². The average molecular weight is 329 g/mol. The zero-order valence-electron chi connectivity index (χ0n) is 10.6. The number of nitrogens with zero attached hydrogens (tertiary/aromatic N) is 1. The van der Waals surface area contributed by atoms with Crippen LogP contribution < -0.4 is 0 Å². The SMILES string of the molecule is [CH2-]C.[CH3-].[Pd].[c-]1cccc2ccc3cccnc3c12. The summed E-state index contributed by atoms with van der Waals surface area (Å²) < 4.78 is 0. The summed E-state index contributed by atoms with van der Waals surface area (Å²) >= 11 is 0. The van der Waals surface area contributed by atoms with Crippen molar-refractivity contribution in [1.29, 1.82) is 0 Å². The molecule has 3 aromatic rings. The smallest absolute Gasteiger partial charge is 0.0161 e. The molecule has 0 saturated carbocycles. The topological polar surface area (TPSA) is 12.9 Å². The molecule has 2 heteroatoms. The second kappa shape index (κ2) is 7.98. The fourth-order valence-electron chi connectivity index (χ4n) is 1.73. The number of hydrogen-bond donors (Lipinski definition) is 0. The van der Waals surface area contributed by atoms with Gasteiger partial charge in [0.05, 0.1) is 0 Å². The molecule has 0 spiro atoms. The van der Waals surface area contributed by atoms with Crippen LogP contribution in [0.15, 0.2) is 48.7 Å². The maximum absolute atomic E-state index is 4.38. The first-order valence-corrected chi connectivity index (χ1v) is 5.30. The fraction of sp³-hybridized carbons (Fsp3) is 0.0625. The molecule has 0 aliphatic rings. The van der Waals surface area contributed by atoms with Crippen LogP contribution in [0, 0.1) is 20.4 Å². The monoisotopic (exact) mass is 328 g/mol. The molecule has 1 heterocycles. The minimum absolute atomic E-state index is 0. The summed E-state index contributed by atoms with van der Waals surface area (Å²) in [6.45, 7) is 5.00. The van der Waals surface area contributed by atoms with Gasteiger partial charge in [0.1, 0.15) is 0 Å². The van der Waals surface area contributed by atoms with Crippen molar-refractivity contribution in [3.05, 3.63) is 69.1 Å². The quantitative estimate of drug-likeness (QED) is 0.337. The molecule has 0 aliphatic carbocycles. The van der Waals surface area contributed by atoms with Gasteiger partial charge in [0.25, 0.3) is 0 Å². The third-order valence-corrected chi connectivity index (χ3v) is 2.41. The third-order valence-electron chi connectivity index (χ3n) is 2.41. The molecule has 2 aromatic carbocycles. The molecule has 1 aromatic heterocycles. The molecule has 0 fully saturated rings. The Labute approximate surface area is 123 Å². The van der Waals surface area contributed by atoms with Gasteiger partial charge in [-0.05, 0) is 17.0 Å². The maximum Gasteiger partial charge on any atom is 0.0161 e. The van der Waals surface area contributed by atoms with Gasteiger partial charge in [0, 0.05) is 26.6 Å². The van der Waals surface area contributed by atoms with Crippen LogP contribution >= 0.6 is 0 Å². The van der Waals surface area contributed by atoms with Gasteiger partial charge < -0.3 is 19.3 Å². The second-order valence-corrected chi connectivity index (χ2v) is 3.28. The van der Waals surface area contributed by atoms with E-state index in [9.17, 15) is 0 Å². The van der Waals surface area contributed by atoms with Crippen molar-refractivity contribution in [1.82, 2.24) is 4.98 Å². The number of rotatable bonds is 0. The van der Waals surface area contributed by atoms with E-state index in [0.717, 1.165) is 10.9 Å². The van der Waals surface area contributed by atoms with E-state index < -0.39 is 0 Å². The van der Waals surface area contributed by atoms with E-state index in [0.29, 0.717) is 0 Å². The van der Waals surface area contributed by atoms with Crippen molar-refractivity contribution in [3.8, 4) is 0 Å². The molecule has 0 aliphatic heterocycles. The Bertz CT molecular complexity index is 550. The van der Waals surface area contributed by atoms with Crippen molar-refractivity contribution in [2.24, 2.45) is 0 Å². The van der Waals surface area contributed by atoms with Gasteiger partial charge in [-0.15, -0.1) is 35.0 Å². The first-order valence-electron chi connectivity index (χ1n) is 5.30. The van der Waals surface area contributed by atoms with E-state index in [1.807, 2.05) is 24.4 Å². The van der Waals surface area contributed by atoms with Crippen molar-refractivity contribution in [3.63, 3.8) is 0 Å². The average Bonchev–Trinajstić information content (AvgIpc) is 2.41. The van der Waals surface area contributed by atoms with E-state index in [1.54, 1.807) is 6.92 Å². The molecule has 0 saturated heterocycles. The second-order valence-electron chi connectivity index (χ2n) is 3.28. The molecule has 3 rings (SSSR count). The molecule has 98 valence electrons. The van der Waals surface area contributed by atoms with E-state index in [1.165, 1.54) is 10.8 Å². The molecular weight excluding hydrogens is 313 g/mol. The van der Waals surface area contributed by atoms with Crippen molar-refractivity contribution >= 4 is 21.7 Å². The summed E-state index contributed by atoms with van der Waals surface area (Å²) in [5.74, 6) is 0. The Hall–Kier alpha value is -1.23. The summed E-state index contributed by atoms with van der Waals surface area (Å²) in [4.78, 5) is 4.38. The molecule has 0 radical (unpaired) electrons. The molecule has 18 heavy (non-hydrogen) atoms. The molecule has 0 bridgehead atoms. The number of fused-ring (bicyclic) bond motifs is 3. The van der Waals surface area contributed by atoms with Gasteiger partial charge in [0.2, 0.25) is 0 Å². The molecule has 0 N–H and O–H groups in total. The van der Waals surface area contributed by atoms with E-state index >= 15 is 0 Å². The fourth-order valence-corrected chi connectivity index (χ4v) is 1.73. The Morgan fingerprint density at radius 2 is 1.67 bits per heavy atom. The summed E-state index contributed by atoms with van der Waals surface area (Å²) in [6.07, 6.45) is 1.82. The summed E-state index contributed by atoms with van der Waals surface area (Å²) in [5.41, 5.74) is 1.03. The van der Waals surface area contributed by atoms with Gasteiger partial charge in [-0.2, -0.15) is 6.92 Å². The zero-order valence-corrected chi connectivity index (χ0v) is 12.1. The first-order chi connectivity index (χ1) is 7.95. The van der Waals surface area contributed by atoms with Gasteiger partial charge in [-0.1, -0.05) is 18.2 Å². The van der Waals surface area contributed by atoms with Gasteiger partial charge >= 0.3 is 0 Å². The van der Waals surface area contributed by atoms with Crippen LogP contribution in [0.1, 0.15) is 6.92 Å². The Morgan fingerprint density at radius 1 is 1.00 bits per heavy atom. The van der Waals surface area contributed by atoms with Crippen molar-refractivity contribution < 1.29 is 20.4 Å².